The molecule has 0 aliphatic rings. The molecule has 214 valence electrons. The van der Waals surface area contributed by atoms with Gasteiger partial charge in [-0.15, -0.1) is 0 Å². The molecule has 39 heavy (non-hydrogen) atoms. The summed E-state index contributed by atoms with van der Waals surface area (Å²) in [5.41, 5.74) is 0. The Kier molecular flexibility index (Phi) is 16.0. The van der Waals surface area contributed by atoms with E-state index in [0.717, 1.165) is 32.0 Å². The first-order valence-electron chi connectivity index (χ1n) is 15.4. The van der Waals surface area contributed by atoms with Crippen LogP contribution in [0.3, 0.4) is 0 Å². The molecule has 0 saturated heterocycles. The van der Waals surface area contributed by atoms with Gasteiger partial charge < -0.3 is 9.22 Å². The van der Waals surface area contributed by atoms with Gasteiger partial charge in [-0.25, -0.2) is 0 Å². The largest absolute Gasteiger partial charge is 0.405 e. The molecule has 0 radical (unpaired) electrons. The van der Waals surface area contributed by atoms with Gasteiger partial charge in [0.15, 0.2) is 0 Å². The standard InChI is InChI=1S/C36H54O2Si/c1-33(27-21-17-15-13-11-9-7-5-6-8-10-12-14-16-18-26-32-37)38-39(36(2,3)4,34-28-22-19-23-29-34)35-30-24-20-25-31-35/h12-15,19-20,22-25,28-33H,5-11,16-18,21,26-27H2,1-4H3/b14-12-,15-13-. The summed E-state index contributed by atoms with van der Waals surface area (Å²) in [6.45, 7) is 9.33. The molecule has 0 saturated carbocycles. The van der Waals surface area contributed by atoms with Crippen LogP contribution in [0.4, 0.5) is 0 Å². The van der Waals surface area contributed by atoms with Gasteiger partial charge >= 0.3 is 0 Å². The Hall–Kier alpha value is -2.23. The van der Waals surface area contributed by atoms with E-state index in [1.165, 1.54) is 61.7 Å². The molecule has 1 atom stereocenters. The zero-order valence-corrected chi connectivity index (χ0v) is 26.2. The molecule has 0 N–H and O–H groups in total. The third kappa shape index (κ3) is 11.8. The number of carbonyl (C=O) groups is 1. The van der Waals surface area contributed by atoms with Crippen LogP contribution in [0.2, 0.25) is 5.04 Å². The molecule has 0 aliphatic heterocycles. The fraction of sp³-hybridized carbons (Fsp3) is 0.528. The molecule has 2 aromatic rings. The maximum Gasteiger partial charge on any atom is 0.261 e. The van der Waals surface area contributed by atoms with Gasteiger partial charge in [-0.2, -0.15) is 0 Å². The van der Waals surface area contributed by atoms with E-state index in [-0.39, 0.29) is 11.1 Å². The summed E-state index contributed by atoms with van der Waals surface area (Å²) >= 11 is 0. The second-order valence-electron chi connectivity index (χ2n) is 11.9. The van der Waals surface area contributed by atoms with Crippen LogP contribution in [0.25, 0.3) is 0 Å². The van der Waals surface area contributed by atoms with Crippen LogP contribution in [-0.4, -0.2) is 20.7 Å². The maximum atomic E-state index is 10.3. The van der Waals surface area contributed by atoms with Gasteiger partial charge in [0.2, 0.25) is 0 Å². The first-order chi connectivity index (χ1) is 18.9. The van der Waals surface area contributed by atoms with Crippen LogP contribution in [0.15, 0.2) is 85.0 Å². The highest BCUT2D eigenvalue weighted by atomic mass is 28.4. The van der Waals surface area contributed by atoms with Crippen molar-refractivity contribution in [3.63, 3.8) is 0 Å². The Balaban J connectivity index is 1.71. The van der Waals surface area contributed by atoms with Crippen LogP contribution in [0.1, 0.15) is 111 Å². The van der Waals surface area contributed by atoms with Gasteiger partial charge in [0.05, 0.1) is 0 Å². The summed E-state index contributed by atoms with van der Waals surface area (Å²) in [5, 5.41) is 2.74. The molecular formula is C36H54O2Si. The van der Waals surface area contributed by atoms with Crippen molar-refractivity contribution in [2.24, 2.45) is 0 Å². The second kappa shape index (κ2) is 18.9. The van der Waals surface area contributed by atoms with E-state index in [9.17, 15) is 4.79 Å². The Labute approximate surface area is 241 Å². The summed E-state index contributed by atoms with van der Waals surface area (Å²) in [6.07, 6.45) is 25.6. The van der Waals surface area contributed by atoms with Crippen LogP contribution < -0.4 is 10.4 Å². The maximum absolute atomic E-state index is 10.3. The van der Waals surface area contributed by atoms with Crippen molar-refractivity contribution in [3.05, 3.63) is 85.0 Å². The van der Waals surface area contributed by atoms with Gasteiger partial charge in [-0.3, -0.25) is 0 Å². The molecular weight excluding hydrogens is 492 g/mol. The van der Waals surface area contributed by atoms with Gasteiger partial charge in [0.25, 0.3) is 8.32 Å². The quantitative estimate of drug-likeness (QED) is 0.0715. The second-order valence-corrected chi connectivity index (χ2v) is 16.2. The van der Waals surface area contributed by atoms with E-state index in [1.54, 1.807) is 0 Å². The van der Waals surface area contributed by atoms with Crippen molar-refractivity contribution in [1.29, 1.82) is 0 Å². The van der Waals surface area contributed by atoms with Crippen LogP contribution >= 0.6 is 0 Å². The van der Waals surface area contributed by atoms with E-state index in [2.05, 4.69) is 113 Å². The summed E-state index contributed by atoms with van der Waals surface area (Å²) in [4.78, 5) is 10.3. The van der Waals surface area contributed by atoms with E-state index in [1.807, 2.05) is 0 Å². The first kappa shape index (κ1) is 33.0. The number of hydrogen-bond donors (Lipinski definition) is 0. The van der Waals surface area contributed by atoms with Gasteiger partial charge in [-0.1, -0.05) is 125 Å². The summed E-state index contributed by atoms with van der Waals surface area (Å²) < 4.78 is 7.20. The minimum atomic E-state index is -2.46. The van der Waals surface area contributed by atoms with Crippen molar-refractivity contribution < 1.29 is 9.22 Å². The number of carbonyl (C=O) groups excluding carboxylic acids is 1. The van der Waals surface area contributed by atoms with Crippen molar-refractivity contribution in [2.45, 2.75) is 122 Å². The van der Waals surface area contributed by atoms with E-state index in [4.69, 9.17) is 4.43 Å². The van der Waals surface area contributed by atoms with Crippen molar-refractivity contribution in [1.82, 2.24) is 0 Å². The van der Waals surface area contributed by atoms with Gasteiger partial charge in [0.1, 0.15) is 6.29 Å². The number of rotatable bonds is 20. The van der Waals surface area contributed by atoms with E-state index >= 15 is 0 Å². The highest BCUT2D eigenvalue weighted by molar-refractivity contribution is 6.99. The lowest BCUT2D eigenvalue weighted by atomic mass is 10.1. The Morgan fingerprint density at radius 2 is 1.08 bits per heavy atom. The third-order valence-corrected chi connectivity index (χ3v) is 12.7. The van der Waals surface area contributed by atoms with Gasteiger partial charge in [0, 0.05) is 12.5 Å². The molecule has 3 heteroatoms. The van der Waals surface area contributed by atoms with E-state index < -0.39 is 8.32 Å². The predicted molar refractivity (Wildman–Crippen MR) is 173 cm³/mol. The van der Waals surface area contributed by atoms with Crippen LogP contribution in [0.5, 0.6) is 0 Å². The number of hydrogen-bond acceptors (Lipinski definition) is 2. The molecule has 1 unspecified atom stereocenters. The van der Waals surface area contributed by atoms with Crippen molar-refractivity contribution in [2.75, 3.05) is 0 Å². The molecule has 0 aliphatic carbocycles. The normalized spacial score (nSPS) is 13.3. The molecule has 2 aromatic carbocycles. The summed E-state index contributed by atoms with van der Waals surface area (Å²) in [6, 6.07) is 21.9. The lowest BCUT2D eigenvalue weighted by molar-refractivity contribution is -0.107. The van der Waals surface area contributed by atoms with E-state index in [0.29, 0.717) is 6.42 Å². The van der Waals surface area contributed by atoms with Gasteiger partial charge in [-0.05, 0) is 80.1 Å². The fourth-order valence-corrected chi connectivity index (χ4v) is 10.2. The molecule has 2 nitrogen and oxygen atoms in total. The Bertz CT molecular complexity index is 904. The Morgan fingerprint density at radius 3 is 1.54 bits per heavy atom. The topological polar surface area (TPSA) is 26.3 Å². The molecule has 0 fully saturated rings. The molecule has 0 amide bonds. The highest BCUT2D eigenvalue weighted by Crippen LogP contribution is 2.37. The SMILES string of the molecule is CC(CCC/C=C\CCCCCCC/C=C\CCCC=O)O[Si](c1ccccc1)(c1ccccc1)C(C)(C)C. The van der Waals surface area contributed by atoms with Crippen LogP contribution in [0, 0.1) is 0 Å². The molecule has 0 aromatic heterocycles. The lowest BCUT2D eigenvalue weighted by Gasteiger charge is -2.44. The number of unbranched alkanes of at least 4 members (excludes halogenated alkanes) is 9. The molecule has 0 heterocycles. The molecule has 2 rings (SSSR count). The highest BCUT2D eigenvalue weighted by Gasteiger charge is 2.50. The zero-order chi connectivity index (χ0) is 28.2. The monoisotopic (exact) mass is 546 g/mol. The number of aldehydes is 1. The average Bonchev–Trinajstić information content (AvgIpc) is 2.93. The first-order valence-corrected chi connectivity index (χ1v) is 17.3. The third-order valence-electron chi connectivity index (χ3n) is 7.54. The van der Waals surface area contributed by atoms with Crippen LogP contribution in [-0.2, 0) is 9.22 Å². The summed E-state index contributed by atoms with van der Waals surface area (Å²) in [5.74, 6) is 0. The zero-order valence-electron chi connectivity index (χ0n) is 25.2. The minimum absolute atomic E-state index is 0.0260. The fourth-order valence-electron chi connectivity index (χ4n) is 5.42. The minimum Gasteiger partial charge on any atom is -0.405 e. The summed E-state index contributed by atoms with van der Waals surface area (Å²) in [7, 11) is -2.46. The predicted octanol–water partition coefficient (Wildman–Crippen LogP) is 9.33. The van der Waals surface area contributed by atoms with Crippen molar-refractivity contribution >= 4 is 25.0 Å². The smallest absolute Gasteiger partial charge is 0.261 e. The number of allylic oxidation sites excluding steroid dienone is 4. The van der Waals surface area contributed by atoms with Crippen molar-refractivity contribution in [3.8, 4) is 0 Å². The Morgan fingerprint density at radius 1 is 0.641 bits per heavy atom. The number of benzene rings is 2. The molecule has 0 spiro atoms. The molecule has 0 bridgehead atoms. The average molecular weight is 547 g/mol. The lowest BCUT2D eigenvalue weighted by Crippen LogP contribution is -2.67.